The van der Waals surface area contributed by atoms with Gasteiger partial charge in [0.25, 0.3) is 0 Å². The van der Waals surface area contributed by atoms with E-state index in [0.717, 1.165) is 18.7 Å². The van der Waals surface area contributed by atoms with E-state index in [-0.39, 0.29) is 5.91 Å². The number of ether oxygens (including phenoxy) is 2. The highest BCUT2D eigenvalue weighted by Crippen LogP contribution is 2.31. The molecule has 0 radical (unpaired) electrons. The lowest BCUT2D eigenvalue weighted by Gasteiger charge is -2.31. The van der Waals surface area contributed by atoms with Gasteiger partial charge in [0.15, 0.2) is 11.5 Å². The van der Waals surface area contributed by atoms with Gasteiger partial charge in [-0.1, -0.05) is 30.3 Å². The number of likely N-dealkylation sites (N-methyl/N-ethyl adjacent to an activating group) is 1. The van der Waals surface area contributed by atoms with E-state index in [1.54, 1.807) is 31.3 Å². The number of benzene rings is 2. The normalized spacial score (nSPS) is 14.1. The van der Waals surface area contributed by atoms with Crippen LogP contribution < -0.4 is 14.4 Å². The van der Waals surface area contributed by atoms with E-state index in [0.29, 0.717) is 18.0 Å². The van der Waals surface area contributed by atoms with Crippen molar-refractivity contribution in [3.05, 3.63) is 59.7 Å². The van der Waals surface area contributed by atoms with E-state index < -0.39 is 0 Å². The fourth-order valence-corrected chi connectivity index (χ4v) is 3.75. The predicted molar refractivity (Wildman–Crippen MR) is 118 cm³/mol. The largest absolute Gasteiger partial charge is 0.493 e. The second kappa shape index (κ2) is 10.0. The standard InChI is InChI=1S/C24H30N2O3/c1-25(18-20-10-5-6-12-21(20)26-16-7-4-8-17-26)23(27)15-14-19-11-9-13-22(28-2)24(19)29-3/h5-6,9-15H,4,7-8,16-18H2,1-3H3/b15-14+. The van der Waals surface area contributed by atoms with Crippen molar-refractivity contribution >= 4 is 17.7 Å². The van der Waals surface area contributed by atoms with Crippen LogP contribution in [-0.2, 0) is 11.3 Å². The number of para-hydroxylation sites is 2. The van der Waals surface area contributed by atoms with Crippen LogP contribution in [0, 0.1) is 0 Å². The molecular weight excluding hydrogens is 364 g/mol. The monoisotopic (exact) mass is 394 g/mol. The Morgan fingerprint density at radius 1 is 1.03 bits per heavy atom. The molecule has 1 aliphatic heterocycles. The molecule has 3 rings (SSSR count). The van der Waals surface area contributed by atoms with Crippen LogP contribution in [0.5, 0.6) is 11.5 Å². The Hall–Kier alpha value is -2.95. The molecule has 2 aromatic carbocycles. The maximum Gasteiger partial charge on any atom is 0.246 e. The molecule has 0 spiro atoms. The van der Waals surface area contributed by atoms with Crippen LogP contribution >= 0.6 is 0 Å². The van der Waals surface area contributed by atoms with Gasteiger partial charge in [-0.15, -0.1) is 0 Å². The van der Waals surface area contributed by atoms with E-state index in [9.17, 15) is 4.79 Å². The molecule has 0 bridgehead atoms. The third kappa shape index (κ3) is 5.11. The van der Waals surface area contributed by atoms with Crippen LogP contribution in [-0.4, -0.2) is 45.2 Å². The third-order valence-corrected chi connectivity index (χ3v) is 5.31. The summed E-state index contributed by atoms with van der Waals surface area (Å²) < 4.78 is 10.8. The second-order valence-electron chi connectivity index (χ2n) is 7.29. The summed E-state index contributed by atoms with van der Waals surface area (Å²) in [4.78, 5) is 16.9. The molecule has 1 saturated heterocycles. The van der Waals surface area contributed by atoms with Gasteiger partial charge in [0.1, 0.15) is 0 Å². The summed E-state index contributed by atoms with van der Waals surface area (Å²) in [6, 6.07) is 14.0. The summed E-state index contributed by atoms with van der Waals surface area (Å²) in [5, 5.41) is 0. The molecule has 1 amide bonds. The molecule has 1 fully saturated rings. The molecule has 5 heteroatoms. The number of piperidine rings is 1. The van der Waals surface area contributed by atoms with Crippen LogP contribution in [0.2, 0.25) is 0 Å². The highest BCUT2D eigenvalue weighted by Gasteiger charge is 2.16. The fourth-order valence-electron chi connectivity index (χ4n) is 3.75. The van der Waals surface area contributed by atoms with Gasteiger partial charge in [0.2, 0.25) is 5.91 Å². The molecule has 2 aromatic rings. The van der Waals surface area contributed by atoms with Crippen molar-refractivity contribution in [3.8, 4) is 11.5 Å². The summed E-state index contributed by atoms with van der Waals surface area (Å²) in [6.45, 7) is 2.75. The average molecular weight is 395 g/mol. The Labute approximate surface area is 173 Å². The van der Waals surface area contributed by atoms with Gasteiger partial charge in [-0.05, 0) is 43.0 Å². The smallest absolute Gasteiger partial charge is 0.246 e. The van der Waals surface area contributed by atoms with Gasteiger partial charge in [0, 0.05) is 44.0 Å². The summed E-state index contributed by atoms with van der Waals surface area (Å²) in [7, 11) is 5.03. The molecule has 154 valence electrons. The fraction of sp³-hybridized carbons (Fsp3) is 0.375. The minimum Gasteiger partial charge on any atom is -0.493 e. The molecule has 0 N–H and O–H groups in total. The molecule has 0 atom stereocenters. The Kier molecular flexibility index (Phi) is 7.17. The highest BCUT2D eigenvalue weighted by molar-refractivity contribution is 5.92. The van der Waals surface area contributed by atoms with Crippen molar-refractivity contribution in [2.45, 2.75) is 25.8 Å². The number of anilines is 1. The van der Waals surface area contributed by atoms with E-state index in [1.165, 1.54) is 30.5 Å². The van der Waals surface area contributed by atoms with Crippen molar-refractivity contribution in [2.24, 2.45) is 0 Å². The molecule has 0 unspecified atom stereocenters. The van der Waals surface area contributed by atoms with E-state index >= 15 is 0 Å². The number of carbonyl (C=O) groups excluding carboxylic acids is 1. The van der Waals surface area contributed by atoms with E-state index in [4.69, 9.17) is 9.47 Å². The first-order chi connectivity index (χ1) is 14.1. The number of hydrogen-bond acceptors (Lipinski definition) is 4. The lowest BCUT2D eigenvalue weighted by Crippen LogP contribution is -2.31. The molecule has 5 nitrogen and oxygen atoms in total. The molecule has 1 aliphatic rings. The van der Waals surface area contributed by atoms with Gasteiger partial charge in [-0.25, -0.2) is 0 Å². The van der Waals surface area contributed by atoms with E-state index in [1.807, 2.05) is 31.3 Å². The van der Waals surface area contributed by atoms with Crippen LogP contribution in [0.25, 0.3) is 6.08 Å². The van der Waals surface area contributed by atoms with Crippen molar-refractivity contribution in [3.63, 3.8) is 0 Å². The topological polar surface area (TPSA) is 42.0 Å². The Morgan fingerprint density at radius 3 is 2.52 bits per heavy atom. The Morgan fingerprint density at radius 2 is 1.79 bits per heavy atom. The first kappa shape index (κ1) is 20.8. The number of carbonyl (C=O) groups is 1. The number of amides is 1. The van der Waals surface area contributed by atoms with Gasteiger partial charge in [-0.3, -0.25) is 4.79 Å². The van der Waals surface area contributed by atoms with Gasteiger partial charge >= 0.3 is 0 Å². The summed E-state index contributed by atoms with van der Waals surface area (Å²) in [5.74, 6) is 1.21. The minimum absolute atomic E-state index is 0.0525. The highest BCUT2D eigenvalue weighted by atomic mass is 16.5. The summed E-state index contributed by atoms with van der Waals surface area (Å²) >= 11 is 0. The van der Waals surface area contributed by atoms with Crippen LogP contribution in [0.3, 0.4) is 0 Å². The van der Waals surface area contributed by atoms with Crippen LogP contribution in [0.1, 0.15) is 30.4 Å². The average Bonchev–Trinajstić information content (AvgIpc) is 2.77. The summed E-state index contributed by atoms with van der Waals surface area (Å²) in [5.41, 5.74) is 3.23. The van der Waals surface area contributed by atoms with Crippen molar-refractivity contribution < 1.29 is 14.3 Å². The maximum atomic E-state index is 12.7. The SMILES string of the molecule is COc1cccc(/C=C/C(=O)N(C)Cc2ccccc2N2CCCCC2)c1OC. The lowest BCUT2D eigenvalue weighted by atomic mass is 10.1. The zero-order chi connectivity index (χ0) is 20.6. The number of nitrogens with zero attached hydrogens (tertiary/aromatic N) is 2. The minimum atomic E-state index is -0.0525. The lowest BCUT2D eigenvalue weighted by molar-refractivity contribution is -0.125. The van der Waals surface area contributed by atoms with Gasteiger partial charge in [-0.2, -0.15) is 0 Å². The molecular formula is C24H30N2O3. The van der Waals surface area contributed by atoms with Crippen molar-refractivity contribution in [2.75, 3.05) is 39.3 Å². The summed E-state index contributed by atoms with van der Waals surface area (Å²) in [6.07, 6.45) is 7.12. The quantitative estimate of drug-likeness (QED) is 0.654. The van der Waals surface area contributed by atoms with Crippen LogP contribution in [0.15, 0.2) is 48.5 Å². The number of hydrogen-bond donors (Lipinski definition) is 0. The van der Waals surface area contributed by atoms with Crippen molar-refractivity contribution in [1.82, 2.24) is 4.90 Å². The Bertz CT molecular complexity index is 857. The van der Waals surface area contributed by atoms with E-state index in [2.05, 4.69) is 23.1 Å². The predicted octanol–water partition coefficient (Wildman–Crippen LogP) is 4.37. The number of methoxy groups -OCH3 is 2. The molecule has 29 heavy (non-hydrogen) atoms. The zero-order valence-electron chi connectivity index (χ0n) is 17.6. The number of rotatable bonds is 7. The third-order valence-electron chi connectivity index (χ3n) is 5.31. The molecule has 1 heterocycles. The second-order valence-corrected chi connectivity index (χ2v) is 7.29. The van der Waals surface area contributed by atoms with Crippen LogP contribution in [0.4, 0.5) is 5.69 Å². The molecule has 0 saturated carbocycles. The zero-order valence-corrected chi connectivity index (χ0v) is 17.6. The van der Waals surface area contributed by atoms with Gasteiger partial charge < -0.3 is 19.3 Å². The molecule has 0 aliphatic carbocycles. The molecule has 0 aromatic heterocycles. The first-order valence-corrected chi connectivity index (χ1v) is 10.1. The first-order valence-electron chi connectivity index (χ1n) is 10.1. The maximum absolute atomic E-state index is 12.7. The van der Waals surface area contributed by atoms with Crippen molar-refractivity contribution in [1.29, 1.82) is 0 Å². The Balaban J connectivity index is 1.71. The van der Waals surface area contributed by atoms with Gasteiger partial charge in [0.05, 0.1) is 14.2 Å².